The molecule has 0 amide bonds. The highest BCUT2D eigenvalue weighted by atomic mass is 127. The molecule has 10 heteroatoms. The number of hydrogen-bond acceptors (Lipinski definition) is 5. The van der Waals surface area contributed by atoms with Gasteiger partial charge in [0.15, 0.2) is 5.96 Å². The summed E-state index contributed by atoms with van der Waals surface area (Å²) in [5, 5.41) is 17.3. The Balaban J connectivity index is 0.00000264. The van der Waals surface area contributed by atoms with E-state index in [0.29, 0.717) is 24.5 Å². The van der Waals surface area contributed by atoms with Crippen LogP contribution in [0.3, 0.4) is 0 Å². The van der Waals surface area contributed by atoms with Gasteiger partial charge < -0.3 is 15.8 Å². The van der Waals surface area contributed by atoms with Crippen molar-refractivity contribution < 1.29 is 9.66 Å². The molecule has 0 aliphatic carbocycles. The maximum absolute atomic E-state index is 10.5. The Morgan fingerprint density at radius 3 is 2.91 bits per heavy atom. The summed E-state index contributed by atoms with van der Waals surface area (Å²) in [5.41, 5.74) is 6.45. The van der Waals surface area contributed by atoms with Crippen LogP contribution in [0.5, 0.6) is 5.75 Å². The number of methoxy groups -OCH3 is 1. The minimum absolute atomic E-state index is 0. The number of hydrogen-bond donors (Lipinski definition) is 2. The van der Waals surface area contributed by atoms with Crippen LogP contribution in [0, 0.1) is 10.1 Å². The van der Waals surface area contributed by atoms with Crippen LogP contribution in [-0.4, -0.2) is 34.3 Å². The zero-order chi connectivity index (χ0) is 15.9. The lowest BCUT2D eigenvalue weighted by Gasteiger charge is -2.10. The first-order valence-corrected chi connectivity index (χ1v) is 6.47. The first-order valence-electron chi connectivity index (χ1n) is 6.47. The quantitative estimate of drug-likeness (QED) is 0.236. The molecular formula is C13H17IN6O3. The van der Waals surface area contributed by atoms with Crippen LogP contribution < -0.4 is 15.8 Å². The number of anilines is 1. The van der Waals surface area contributed by atoms with Gasteiger partial charge in [0.1, 0.15) is 18.1 Å². The molecule has 0 saturated carbocycles. The van der Waals surface area contributed by atoms with Crippen molar-refractivity contribution in [1.82, 2.24) is 9.78 Å². The van der Waals surface area contributed by atoms with E-state index < -0.39 is 4.92 Å². The van der Waals surface area contributed by atoms with Crippen LogP contribution in [0.25, 0.3) is 0 Å². The van der Waals surface area contributed by atoms with Crippen molar-refractivity contribution in [3.05, 3.63) is 46.8 Å². The van der Waals surface area contributed by atoms with Gasteiger partial charge in [0.05, 0.1) is 30.8 Å². The first-order chi connectivity index (χ1) is 10.6. The number of nitrogens with zero attached hydrogens (tertiary/aromatic N) is 4. The van der Waals surface area contributed by atoms with Crippen molar-refractivity contribution in [2.24, 2.45) is 10.7 Å². The standard InChI is InChI=1S/C13H16N6O3.HI/c1-22-12-5-3-2-4-11(12)17-13(14)15-6-7-18-9-10(8-16-18)19(20)21;/h2-5,8-9H,6-7H2,1H3,(H3,14,15,17);1H. The molecule has 0 spiro atoms. The topological polar surface area (TPSA) is 121 Å². The summed E-state index contributed by atoms with van der Waals surface area (Å²) in [4.78, 5) is 14.2. The average molecular weight is 432 g/mol. The van der Waals surface area contributed by atoms with Gasteiger partial charge in [-0.3, -0.25) is 19.8 Å². The molecule has 0 bridgehead atoms. The highest BCUT2D eigenvalue weighted by Gasteiger charge is 2.08. The van der Waals surface area contributed by atoms with E-state index in [1.165, 1.54) is 17.1 Å². The number of rotatable bonds is 6. The van der Waals surface area contributed by atoms with E-state index in [9.17, 15) is 10.1 Å². The number of aromatic nitrogens is 2. The Labute approximate surface area is 149 Å². The molecule has 1 aromatic heterocycles. The van der Waals surface area contributed by atoms with Crippen molar-refractivity contribution in [2.45, 2.75) is 6.54 Å². The van der Waals surface area contributed by atoms with Gasteiger partial charge >= 0.3 is 5.69 Å². The van der Waals surface area contributed by atoms with Crippen molar-refractivity contribution in [3.63, 3.8) is 0 Å². The second-order valence-corrected chi connectivity index (χ2v) is 4.31. The fraction of sp³-hybridized carbons (Fsp3) is 0.231. The molecule has 1 aromatic carbocycles. The van der Waals surface area contributed by atoms with E-state index in [1.54, 1.807) is 13.2 Å². The van der Waals surface area contributed by atoms with Crippen LogP contribution in [0.4, 0.5) is 11.4 Å². The number of aliphatic imine (C=N–C) groups is 1. The Morgan fingerprint density at radius 2 is 2.26 bits per heavy atom. The molecular weight excluding hydrogens is 415 g/mol. The molecule has 0 saturated heterocycles. The second-order valence-electron chi connectivity index (χ2n) is 4.31. The third-order valence-electron chi connectivity index (χ3n) is 2.81. The lowest BCUT2D eigenvalue weighted by atomic mass is 10.3. The van der Waals surface area contributed by atoms with Gasteiger partial charge in [-0.1, -0.05) is 12.1 Å². The smallest absolute Gasteiger partial charge is 0.306 e. The Hall–Kier alpha value is -2.37. The third kappa shape index (κ3) is 5.39. The van der Waals surface area contributed by atoms with Gasteiger partial charge in [0.25, 0.3) is 0 Å². The third-order valence-corrected chi connectivity index (χ3v) is 2.81. The summed E-state index contributed by atoms with van der Waals surface area (Å²) in [6.45, 7) is 0.731. The van der Waals surface area contributed by atoms with Crippen molar-refractivity contribution in [1.29, 1.82) is 0 Å². The number of para-hydroxylation sites is 2. The molecule has 0 aliphatic heterocycles. The summed E-state index contributed by atoms with van der Waals surface area (Å²) in [6.07, 6.45) is 2.54. The molecule has 0 fully saturated rings. The normalized spacial score (nSPS) is 10.7. The molecule has 0 atom stereocenters. The lowest BCUT2D eigenvalue weighted by molar-refractivity contribution is -0.385. The second kappa shape index (κ2) is 8.92. The number of nitro groups is 1. The van der Waals surface area contributed by atoms with Crippen molar-refractivity contribution >= 4 is 41.3 Å². The number of guanidine groups is 1. The number of nitrogens with two attached hydrogens (primary N) is 1. The summed E-state index contributed by atoms with van der Waals surface area (Å²) in [6, 6.07) is 7.32. The van der Waals surface area contributed by atoms with Crippen LogP contribution in [0.15, 0.2) is 41.7 Å². The fourth-order valence-corrected chi connectivity index (χ4v) is 1.77. The van der Waals surface area contributed by atoms with Crippen LogP contribution in [0.1, 0.15) is 0 Å². The van der Waals surface area contributed by atoms with E-state index in [2.05, 4.69) is 15.4 Å². The Bertz CT molecular complexity index is 688. The van der Waals surface area contributed by atoms with E-state index >= 15 is 0 Å². The number of benzene rings is 1. The highest BCUT2D eigenvalue weighted by Crippen LogP contribution is 2.22. The monoisotopic (exact) mass is 432 g/mol. The average Bonchev–Trinajstić information content (AvgIpc) is 2.97. The van der Waals surface area contributed by atoms with E-state index in [1.807, 2.05) is 18.2 Å². The molecule has 124 valence electrons. The maximum atomic E-state index is 10.5. The first kappa shape index (κ1) is 18.7. The molecule has 0 radical (unpaired) electrons. The van der Waals surface area contributed by atoms with Crippen LogP contribution in [0.2, 0.25) is 0 Å². The molecule has 2 aromatic rings. The summed E-state index contributed by atoms with van der Waals surface area (Å²) in [7, 11) is 1.57. The van der Waals surface area contributed by atoms with Gasteiger partial charge in [0.2, 0.25) is 0 Å². The number of ether oxygens (including phenoxy) is 1. The minimum Gasteiger partial charge on any atom is -0.495 e. The Morgan fingerprint density at radius 1 is 1.52 bits per heavy atom. The predicted molar refractivity (Wildman–Crippen MR) is 97.4 cm³/mol. The van der Waals surface area contributed by atoms with Crippen LogP contribution >= 0.6 is 24.0 Å². The SMILES string of the molecule is COc1ccccc1NC(N)=NCCn1cc([N+](=O)[O-])cn1.I. The molecule has 0 unspecified atom stereocenters. The van der Waals surface area contributed by atoms with Gasteiger partial charge in [0, 0.05) is 0 Å². The molecule has 2 rings (SSSR count). The highest BCUT2D eigenvalue weighted by molar-refractivity contribution is 14.0. The zero-order valence-corrected chi connectivity index (χ0v) is 14.7. The fourth-order valence-electron chi connectivity index (χ4n) is 1.77. The van der Waals surface area contributed by atoms with Crippen molar-refractivity contribution in [2.75, 3.05) is 19.0 Å². The zero-order valence-electron chi connectivity index (χ0n) is 12.4. The summed E-state index contributed by atoms with van der Waals surface area (Å²) >= 11 is 0. The molecule has 9 nitrogen and oxygen atoms in total. The van der Waals surface area contributed by atoms with Gasteiger partial charge in [-0.2, -0.15) is 5.10 Å². The van der Waals surface area contributed by atoms with E-state index in [0.717, 1.165) is 0 Å². The van der Waals surface area contributed by atoms with E-state index in [-0.39, 0.29) is 35.6 Å². The van der Waals surface area contributed by atoms with Gasteiger partial charge in [-0.15, -0.1) is 24.0 Å². The summed E-state index contributed by atoms with van der Waals surface area (Å²) < 4.78 is 6.64. The molecule has 1 heterocycles. The Kier molecular flexibility index (Phi) is 7.25. The van der Waals surface area contributed by atoms with Gasteiger partial charge in [-0.05, 0) is 12.1 Å². The van der Waals surface area contributed by atoms with E-state index in [4.69, 9.17) is 10.5 Å². The van der Waals surface area contributed by atoms with Crippen LogP contribution in [-0.2, 0) is 6.54 Å². The lowest BCUT2D eigenvalue weighted by Crippen LogP contribution is -2.23. The predicted octanol–water partition coefficient (Wildman–Crippen LogP) is 1.84. The molecule has 0 aliphatic rings. The molecule has 3 N–H and O–H groups in total. The molecule has 23 heavy (non-hydrogen) atoms. The maximum Gasteiger partial charge on any atom is 0.306 e. The minimum atomic E-state index is -0.496. The van der Waals surface area contributed by atoms with Crippen molar-refractivity contribution in [3.8, 4) is 5.75 Å². The largest absolute Gasteiger partial charge is 0.495 e. The summed E-state index contributed by atoms with van der Waals surface area (Å²) in [5.74, 6) is 0.884. The van der Waals surface area contributed by atoms with Gasteiger partial charge in [-0.25, -0.2) is 0 Å². The number of nitrogens with one attached hydrogen (secondary N) is 1. The number of halogens is 1.